The lowest BCUT2D eigenvalue weighted by molar-refractivity contribution is -0.120. The molecule has 2 aliphatic rings. The summed E-state index contributed by atoms with van der Waals surface area (Å²) in [6.07, 6.45) is 1.60. The molecule has 0 atom stereocenters. The summed E-state index contributed by atoms with van der Waals surface area (Å²) in [5.74, 6) is 2.66. The summed E-state index contributed by atoms with van der Waals surface area (Å²) in [6.45, 7) is 7.34. The van der Waals surface area contributed by atoms with Crippen molar-refractivity contribution in [2.75, 3.05) is 61.1 Å². The van der Waals surface area contributed by atoms with E-state index in [1.807, 2.05) is 43.3 Å². The van der Waals surface area contributed by atoms with E-state index in [9.17, 15) is 4.79 Å². The Morgan fingerprint density at radius 3 is 2.17 bits per heavy atom. The molecule has 8 nitrogen and oxygen atoms in total. The number of morpholine rings is 1. The first-order chi connectivity index (χ1) is 14.7. The average molecular weight is 412 g/mol. The van der Waals surface area contributed by atoms with Crippen LogP contribution in [0, 0.1) is 5.92 Å². The van der Waals surface area contributed by atoms with Crippen molar-refractivity contribution in [3.05, 3.63) is 36.4 Å². The molecule has 160 valence electrons. The van der Waals surface area contributed by atoms with Crippen molar-refractivity contribution in [2.24, 2.45) is 5.92 Å². The number of carbonyl (C=O) groups excluding carboxylic acids is 1. The summed E-state index contributed by atoms with van der Waals surface area (Å²) >= 11 is 0. The van der Waals surface area contributed by atoms with E-state index in [0.29, 0.717) is 6.61 Å². The predicted octanol–water partition coefficient (Wildman–Crippen LogP) is 2.57. The van der Waals surface area contributed by atoms with Gasteiger partial charge in [-0.2, -0.15) is 0 Å². The van der Waals surface area contributed by atoms with Crippen LogP contribution >= 0.6 is 0 Å². The first kappa shape index (κ1) is 20.4. The van der Waals surface area contributed by atoms with Crippen LogP contribution in [0.3, 0.4) is 0 Å². The number of aromatic nitrogens is 2. The number of anilines is 3. The van der Waals surface area contributed by atoms with Crippen LogP contribution < -0.4 is 19.9 Å². The van der Waals surface area contributed by atoms with E-state index < -0.39 is 0 Å². The topological polar surface area (TPSA) is 79.8 Å². The summed E-state index contributed by atoms with van der Waals surface area (Å²) in [4.78, 5) is 17.0. The number of rotatable bonds is 6. The first-order valence-corrected chi connectivity index (χ1v) is 10.7. The van der Waals surface area contributed by atoms with Crippen molar-refractivity contribution in [1.82, 2.24) is 10.2 Å². The van der Waals surface area contributed by atoms with Gasteiger partial charge >= 0.3 is 0 Å². The van der Waals surface area contributed by atoms with Crippen molar-refractivity contribution >= 4 is 23.2 Å². The maximum Gasteiger partial charge on any atom is 0.227 e. The molecule has 30 heavy (non-hydrogen) atoms. The van der Waals surface area contributed by atoms with Gasteiger partial charge in [0.2, 0.25) is 5.91 Å². The molecule has 2 aliphatic heterocycles. The number of benzene rings is 1. The Hall–Kier alpha value is -2.87. The van der Waals surface area contributed by atoms with Crippen LogP contribution in [-0.2, 0) is 9.53 Å². The zero-order valence-electron chi connectivity index (χ0n) is 17.4. The van der Waals surface area contributed by atoms with Crippen molar-refractivity contribution in [3.8, 4) is 5.75 Å². The van der Waals surface area contributed by atoms with Crippen molar-refractivity contribution in [1.29, 1.82) is 0 Å². The minimum atomic E-state index is 0.00778. The molecule has 4 rings (SSSR count). The van der Waals surface area contributed by atoms with Crippen LogP contribution in [0.25, 0.3) is 0 Å². The van der Waals surface area contributed by atoms with Gasteiger partial charge in [-0.15, -0.1) is 10.2 Å². The lowest BCUT2D eigenvalue weighted by atomic mass is 9.96. The predicted molar refractivity (Wildman–Crippen MR) is 116 cm³/mol. The van der Waals surface area contributed by atoms with Gasteiger partial charge in [-0.25, -0.2) is 0 Å². The highest BCUT2D eigenvalue weighted by Crippen LogP contribution is 2.24. The number of nitrogens with one attached hydrogen (secondary N) is 1. The quantitative estimate of drug-likeness (QED) is 0.782. The van der Waals surface area contributed by atoms with E-state index in [4.69, 9.17) is 9.47 Å². The molecule has 1 aromatic carbocycles. The number of carbonyl (C=O) groups is 1. The Bertz CT molecular complexity index is 814. The van der Waals surface area contributed by atoms with E-state index in [1.54, 1.807) is 0 Å². The Labute approximate surface area is 177 Å². The molecule has 0 bridgehead atoms. The van der Waals surface area contributed by atoms with E-state index in [-0.39, 0.29) is 11.8 Å². The van der Waals surface area contributed by atoms with Crippen LogP contribution in [0.4, 0.5) is 17.3 Å². The smallest absolute Gasteiger partial charge is 0.227 e. The highest BCUT2D eigenvalue weighted by Gasteiger charge is 2.26. The molecule has 2 saturated heterocycles. The number of hydrogen-bond donors (Lipinski definition) is 1. The second-order valence-corrected chi connectivity index (χ2v) is 7.56. The second-order valence-electron chi connectivity index (χ2n) is 7.56. The molecule has 0 saturated carbocycles. The van der Waals surface area contributed by atoms with Gasteiger partial charge in [0.25, 0.3) is 0 Å². The SMILES string of the molecule is CCOc1ccc(NC(=O)C2CCN(c3ccc(N4CCOCC4)nn3)CC2)cc1. The molecule has 0 radical (unpaired) electrons. The van der Waals surface area contributed by atoms with Gasteiger partial charge < -0.3 is 24.6 Å². The molecule has 8 heteroatoms. The first-order valence-electron chi connectivity index (χ1n) is 10.7. The lowest BCUT2D eigenvalue weighted by Crippen LogP contribution is -2.39. The van der Waals surface area contributed by atoms with Crippen LogP contribution in [-0.4, -0.2) is 62.1 Å². The van der Waals surface area contributed by atoms with Gasteiger partial charge in [0.15, 0.2) is 11.6 Å². The number of nitrogens with zero attached hydrogens (tertiary/aromatic N) is 4. The molecule has 1 N–H and O–H groups in total. The van der Waals surface area contributed by atoms with Crippen LogP contribution in [0.2, 0.25) is 0 Å². The third-order valence-electron chi connectivity index (χ3n) is 5.59. The highest BCUT2D eigenvalue weighted by atomic mass is 16.5. The second kappa shape index (κ2) is 9.75. The van der Waals surface area contributed by atoms with Gasteiger partial charge in [-0.05, 0) is 56.2 Å². The van der Waals surface area contributed by atoms with Gasteiger partial charge in [0.1, 0.15) is 5.75 Å². The molecule has 0 spiro atoms. The molecular formula is C22H29N5O3. The normalized spacial score (nSPS) is 17.6. The van der Waals surface area contributed by atoms with Crippen LogP contribution in [0.5, 0.6) is 5.75 Å². The highest BCUT2D eigenvalue weighted by molar-refractivity contribution is 5.92. The molecule has 0 aliphatic carbocycles. The van der Waals surface area contributed by atoms with Crippen molar-refractivity contribution in [2.45, 2.75) is 19.8 Å². The molecule has 2 aromatic rings. The fourth-order valence-corrected chi connectivity index (χ4v) is 3.86. The molecule has 0 unspecified atom stereocenters. The Morgan fingerprint density at radius 2 is 1.60 bits per heavy atom. The maximum atomic E-state index is 12.6. The third kappa shape index (κ3) is 4.99. The minimum absolute atomic E-state index is 0.00778. The van der Waals surface area contributed by atoms with E-state index in [0.717, 1.165) is 75.3 Å². The summed E-state index contributed by atoms with van der Waals surface area (Å²) in [5, 5.41) is 11.8. The molecular weight excluding hydrogens is 382 g/mol. The van der Waals surface area contributed by atoms with Crippen molar-refractivity contribution < 1.29 is 14.3 Å². The molecule has 1 amide bonds. The Kier molecular flexibility index (Phi) is 6.63. The van der Waals surface area contributed by atoms with Gasteiger partial charge in [0, 0.05) is 37.8 Å². The molecule has 2 fully saturated rings. The summed E-state index contributed by atoms with van der Waals surface area (Å²) in [5.41, 5.74) is 0.801. The summed E-state index contributed by atoms with van der Waals surface area (Å²) in [6, 6.07) is 11.6. The zero-order valence-corrected chi connectivity index (χ0v) is 17.4. The lowest BCUT2D eigenvalue weighted by Gasteiger charge is -2.32. The minimum Gasteiger partial charge on any atom is -0.494 e. The van der Waals surface area contributed by atoms with E-state index in [1.165, 1.54) is 0 Å². The third-order valence-corrected chi connectivity index (χ3v) is 5.59. The van der Waals surface area contributed by atoms with Crippen LogP contribution in [0.15, 0.2) is 36.4 Å². The van der Waals surface area contributed by atoms with Crippen LogP contribution in [0.1, 0.15) is 19.8 Å². The van der Waals surface area contributed by atoms with Gasteiger partial charge in [-0.1, -0.05) is 0 Å². The van der Waals surface area contributed by atoms with E-state index in [2.05, 4.69) is 25.3 Å². The fourth-order valence-electron chi connectivity index (χ4n) is 3.86. The molecule has 3 heterocycles. The van der Waals surface area contributed by atoms with Crippen molar-refractivity contribution in [3.63, 3.8) is 0 Å². The summed E-state index contributed by atoms with van der Waals surface area (Å²) in [7, 11) is 0. The Morgan fingerprint density at radius 1 is 1.00 bits per heavy atom. The summed E-state index contributed by atoms with van der Waals surface area (Å²) < 4.78 is 10.8. The largest absolute Gasteiger partial charge is 0.494 e. The molecule has 1 aromatic heterocycles. The van der Waals surface area contributed by atoms with Gasteiger partial charge in [0.05, 0.1) is 19.8 Å². The number of ether oxygens (including phenoxy) is 2. The number of amides is 1. The maximum absolute atomic E-state index is 12.6. The zero-order chi connectivity index (χ0) is 20.8. The Balaban J connectivity index is 1.27. The standard InChI is InChI=1S/C22H29N5O3/c1-2-30-19-5-3-18(4-6-19)23-22(28)17-9-11-26(12-10-17)20-7-8-21(25-24-20)27-13-15-29-16-14-27/h3-8,17H,2,9-16H2,1H3,(H,23,28). The van der Waals surface area contributed by atoms with E-state index >= 15 is 0 Å². The number of piperidine rings is 1. The average Bonchev–Trinajstić information content (AvgIpc) is 2.81. The van der Waals surface area contributed by atoms with Gasteiger partial charge in [-0.3, -0.25) is 4.79 Å². The monoisotopic (exact) mass is 411 g/mol. The number of hydrogen-bond acceptors (Lipinski definition) is 7. The fraction of sp³-hybridized carbons (Fsp3) is 0.500.